The fourth-order valence-corrected chi connectivity index (χ4v) is 3.74. The number of nitrogens with one attached hydrogen (secondary N) is 2. The molecule has 1 aromatic carbocycles. The molecule has 3 aromatic rings. The molecule has 4 N–H and O–H groups in total. The lowest BCUT2D eigenvalue weighted by atomic mass is 10.1. The van der Waals surface area contributed by atoms with Crippen LogP contribution in [0.3, 0.4) is 0 Å². The number of carbonyl (C=O) groups is 1. The molecule has 1 atom stereocenters. The van der Waals surface area contributed by atoms with Crippen LogP contribution in [-0.4, -0.2) is 20.4 Å². The van der Waals surface area contributed by atoms with Gasteiger partial charge >= 0.3 is 0 Å². The molecule has 3 heterocycles. The zero-order chi connectivity index (χ0) is 22.8. The van der Waals surface area contributed by atoms with Crippen LogP contribution < -0.4 is 21.9 Å². The first-order valence-electron chi connectivity index (χ1n) is 10.1. The quantitative estimate of drug-likeness (QED) is 0.542. The molecule has 166 valence electrons. The predicted octanol–water partition coefficient (Wildman–Crippen LogP) is 2.22. The first-order valence-corrected chi connectivity index (χ1v) is 10.1. The van der Waals surface area contributed by atoms with Gasteiger partial charge in [0.05, 0.1) is 6.20 Å². The standard InChI is InChI=1S/C22H22F2N6O2/c1-12-13(2-6-19(25)29-12)9-28-21(31)18-5-7-20-27-11-17(22(32)30(18)20)26-10-14-8-15(23)3-4-16(14)24/h2-4,6,8,11,18,26H,5,7,9-10H2,1H3,(H2,25,29)(H,28,31)/t18-/m0/s1. The average Bonchev–Trinajstić information content (AvgIpc) is 3.20. The van der Waals surface area contributed by atoms with Crippen molar-refractivity contribution in [2.24, 2.45) is 0 Å². The number of nitrogens with zero attached hydrogens (tertiary/aromatic N) is 3. The van der Waals surface area contributed by atoms with Crippen molar-refractivity contribution in [1.82, 2.24) is 19.9 Å². The molecule has 1 aliphatic heterocycles. The molecule has 0 spiro atoms. The van der Waals surface area contributed by atoms with Crippen molar-refractivity contribution in [2.75, 3.05) is 11.1 Å². The molecule has 0 saturated heterocycles. The first-order chi connectivity index (χ1) is 15.3. The third kappa shape index (κ3) is 4.29. The third-order valence-corrected chi connectivity index (χ3v) is 5.47. The van der Waals surface area contributed by atoms with Gasteiger partial charge in [-0.05, 0) is 43.2 Å². The number of nitrogen functional groups attached to an aromatic ring is 1. The van der Waals surface area contributed by atoms with E-state index in [1.54, 1.807) is 19.1 Å². The van der Waals surface area contributed by atoms with E-state index in [2.05, 4.69) is 20.6 Å². The lowest BCUT2D eigenvalue weighted by Crippen LogP contribution is -2.36. The number of nitrogens with two attached hydrogens (primary N) is 1. The SMILES string of the molecule is Cc1nc(N)ccc1CNC(=O)[C@@H]1CCc2ncc(NCc3cc(F)ccc3F)c(=O)n21. The van der Waals surface area contributed by atoms with E-state index in [9.17, 15) is 18.4 Å². The lowest BCUT2D eigenvalue weighted by molar-refractivity contribution is -0.124. The molecule has 0 fully saturated rings. The molecule has 32 heavy (non-hydrogen) atoms. The maximum Gasteiger partial charge on any atom is 0.277 e. The molecule has 1 aliphatic rings. The van der Waals surface area contributed by atoms with Crippen LogP contribution in [0.4, 0.5) is 20.3 Å². The molecule has 0 aliphatic carbocycles. The van der Waals surface area contributed by atoms with Crippen LogP contribution in [0.1, 0.15) is 35.1 Å². The monoisotopic (exact) mass is 440 g/mol. The van der Waals surface area contributed by atoms with Crippen LogP contribution in [0.2, 0.25) is 0 Å². The molecule has 8 nitrogen and oxygen atoms in total. The summed E-state index contributed by atoms with van der Waals surface area (Å²) in [6.45, 7) is 1.96. The number of anilines is 2. The topological polar surface area (TPSA) is 115 Å². The summed E-state index contributed by atoms with van der Waals surface area (Å²) in [6, 6.07) is 5.86. The number of benzene rings is 1. The number of hydrogen-bond acceptors (Lipinski definition) is 6. The van der Waals surface area contributed by atoms with Crippen LogP contribution in [-0.2, 0) is 24.3 Å². The first kappa shape index (κ1) is 21.4. The van der Waals surface area contributed by atoms with Gasteiger partial charge in [0, 0.05) is 30.8 Å². The zero-order valence-electron chi connectivity index (χ0n) is 17.4. The van der Waals surface area contributed by atoms with E-state index < -0.39 is 23.2 Å². The van der Waals surface area contributed by atoms with Crippen molar-refractivity contribution in [3.05, 3.63) is 81.2 Å². The molecule has 0 unspecified atom stereocenters. The van der Waals surface area contributed by atoms with Crippen LogP contribution >= 0.6 is 0 Å². The Bertz CT molecular complexity index is 1240. The van der Waals surface area contributed by atoms with Gasteiger partial charge in [0.15, 0.2) is 0 Å². The second-order valence-corrected chi connectivity index (χ2v) is 7.61. The summed E-state index contributed by atoms with van der Waals surface area (Å²) in [5, 5.41) is 5.64. The summed E-state index contributed by atoms with van der Waals surface area (Å²) in [7, 11) is 0. The van der Waals surface area contributed by atoms with Gasteiger partial charge in [0.25, 0.3) is 5.56 Å². The predicted molar refractivity (Wildman–Crippen MR) is 115 cm³/mol. The van der Waals surface area contributed by atoms with Gasteiger partial charge in [-0.2, -0.15) is 0 Å². The number of aryl methyl sites for hydroxylation is 2. The van der Waals surface area contributed by atoms with Gasteiger partial charge in [0.2, 0.25) is 5.91 Å². The van der Waals surface area contributed by atoms with Gasteiger partial charge in [-0.3, -0.25) is 14.2 Å². The maximum absolute atomic E-state index is 13.9. The molecule has 0 bridgehead atoms. The number of aromatic nitrogens is 3. The fraction of sp³-hybridized carbons (Fsp3) is 0.273. The largest absolute Gasteiger partial charge is 0.384 e. The van der Waals surface area contributed by atoms with Crippen molar-refractivity contribution in [1.29, 1.82) is 0 Å². The number of rotatable bonds is 6. The normalized spacial score (nSPS) is 14.8. The number of hydrogen-bond donors (Lipinski definition) is 3. The van der Waals surface area contributed by atoms with Crippen LogP contribution in [0.15, 0.2) is 41.3 Å². The highest BCUT2D eigenvalue weighted by Gasteiger charge is 2.31. The Morgan fingerprint density at radius 2 is 2.03 bits per heavy atom. The van der Waals surface area contributed by atoms with Crippen LogP contribution in [0, 0.1) is 18.6 Å². The van der Waals surface area contributed by atoms with Crippen molar-refractivity contribution >= 4 is 17.4 Å². The van der Waals surface area contributed by atoms with E-state index in [1.807, 2.05) is 0 Å². The van der Waals surface area contributed by atoms with E-state index in [0.29, 0.717) is 30.2 Å². The van der Waals surface area contributed by atoms with Crippen molar-refractivity contribution < 1.29 is 13.6 Å². The Balaban J connectivity index is 1.49. The highest BCUT2D eigenvalue weighted by atomic mass is 19.1. The van der Waals surface area contributed by atoms with Gasteiger partial charge in [0.1, 0.15) is 35.0 Å². The molecule has 4 rings (SSSR count). The lowest BCUT2D eigenvalue weighted by Gasteiger charge is -2.16. The van der Waals surface area contributed by atoms with Gasteiger partial charge in [-0.15, -0.1) is 0 Å². The molecular weight excluding hydrogens is 418 g/mol. The fourth-order valence-electron chi connectivity index (χ4n) is 3.74. The maximum atomic E-state index is 13.9. The summed E-state index contributed by atoms with van der Waals surface area (Å²) < 4.78 is 28.6. The number of pyridine rings is 1. The van der Waals surface area contributed by atoms with Crippen molar-refractivity contribution in [2.45, 2.75) is 38.9 Å². The van der Waals surface area contributed by atoms with Crippen LogP contribution in [0.25, 0.3) is 0 Å². The number of amides is 1. The molecule has 10 heteroatoms. The highest BCUT2D eigenvalue weighted by Crippen LogP contribution is 2.23. The molecular formula is C22H22F2N6O2. The Morgan fingerprint density at radius 3 is 2.81 bits per heavy atom. The zero-order valence-corrected chi connectivity index (χ0v) is 17.4. The summed E-state index contributed by atoms with van der Waals surface area (Å²) in [4.78, 5) is 34.3. The number of fused-ring (bicyclic) bond motifs is 1. The minimum atomic E-state index is -0.709. The second kappa shape index (κ2) is 8.74. The molecule has 1 amide bonds. The van der Waals surface area contributed by atoms with Gasteiger partial charge in [-0.1, -0.05) is 6.07 Å². The van der Waals surface area contributed by atoms with E-state index in [-0.39, 0.29) is 30.2 Å². The van der Waals surface area contributed by atoms with Crippen molar-refractivity contribution in [3.63, 3.8) is 0 Å². The average molecular weight is 440 g/mol. The Labute approximate surface area is 182 Å². The molecule has 0 saturated carbocycles. The summed E-state index contributed by atoms with van der Waals surface area (Å²) in [6.07, 6.45) is 2.28. The Morgan fingerprint density at radius 1 is 1.22 bits per heavy atom. The number of halogens is 2. The second-order valence-electron chi connectivity index (χ2n) is 7.61. The van der Waals surface area contributed by atoms with Gasteiger partial charge in [-0.25, -0.2) is 18.7 Å². The van der Waals surface area contributed by atoms with E-state index in [1.165, 1.54) is 10.8 Å². The minimum Gasteiger partial charge on any atom is -0.384 e. The summed E-state index contributed by atoms with van der Waals surface area (Å²) in [5.74, 6) is -0.564. The molecule has 0 radical (unpaired) electrons. The summed E-state index contributed by atoms with van der Waals surface area (Å²) >= 11 is 0. The number of carbonyl (C=O) groups excluding carboxylic acids is 1. The van der Waals surface area contributed by atoms with Crippen molar-refractivity contribution in [3.8, 4) is 0 Å². The van der Waals surface area contributed by atoms with Gasteiger partial charge < -0.3 is 16.4 Å². The van der Waals surface area contributed by atoms with E-state index in [0.717, 1.165) is 23.8 Å². The smallest absolute Gasteiger partial charge is 0.277 e. The van der Waals surface area contributed by atoms with E-state index in [4.69, 9.17) is 5.73 Å². The summed E-state index contributed by atoms with van der Waals surface area (Å²) in [5.41, 5.74) is 6.95. The van der Waals surface area contributed by atoms with E-state index >= 15 is 0 Å². The van der Waals surface area contributed by atoms with Crippen LogP contribution in [0.5, 0.6) is 0 Å². The Kier molecular flexibility index (Phi) is 5.85. The third-order valence-electron chi connectivity index (χ3n) is 5.47. The molecule has 2 aromatic heterocycles. The highest BCUT2D eigenvalue weighted by molar-refractivity contribution is 5.81. The Hall–Kier alpha value is -3.82. The minimum absolute atomic E-state index is 0.0802.